The van der Waals surface area contributed by atoms with E-state index in [9.17, 15) is 9.59 Å². The van der Waals surface area contributed by atoms with E-state index in [1.54, 1.807) is 12.0 Å². The molecule has 0 spiro atoms. The minimum atomic E-state index is -0.319. The molecule has 1 heterocycles. The zero-order valence-electron chi connectivity index (χ0n) is 15.4. The average molecular weight is 352 g/mol. The second-order valence-electron chi connectivity index (χ2n) is 6.69. The SMILES string of the molecule is COc1ccc(CNC(=O)[C@@H]2CC(=O)N(c3cccc(C)c3C)C2)cc1. The van der Waals surface area contributed by atoms with E-state index in [1.165, 1.54) is 0 Å². The Bertz CT molecular complexity index is 815. The summed E-state index contributed by atoms with van der Waals surface area (Å²) in [5, 5.41) is 2.94. The molecular weight excluding hydrogens is 328 g/mol. The van der Waals surface area contributed by atoms with Crippen LogP contribution in [0.3, 0.4) is 0 Å². The third-order valence-corrected chi connectivity index (χ3v) is 4.99. The summed E-state index contributed by atoms with van der Waals surface area (Å²) in [5.41, 5.74) is 4.12. The highest BCUT2D eigenvalue weighted by Crippen LogP contribution is 2.29. The molecule has 1 atom stereocenters. The first-order chi connectivity index (χ1) is 12.5. The van der Waals surface area contributed by atoms with Gasteiger partial charge in [0.25, 0.3) is 0 Å². The van der Waals surface area contributed by atoms with Gasteiger partial charge in [0.15, 0.2) is 0 Å². The number of methoxy groups -OCH3 is 1. The van der Waals surface area contributed by atoms with E-state index in [0.29, 0.717) is 13.1 Å². The van der Waals surface area contributed by atoms with Crippen molar-refractivity contribution in [2.24, 2.45) is 5.92 Å². The van der Waals surface area contributed by atoms with Crippen LogP contribution in [0.5, 0.6) is 5.75 Å². The normalized spacial score (nSPS) is 16.7. The Morgan fingerprint density at radius 2 is 1.92 bits per heavy atom. The molecule has 1 fully saturated rings. The Hall–Kier alpha value is -2.82. The highest BCUT2D eigenvalue weighted by Gasteiger charge is 2.35. The average Bonchev–Trinajstić information content (AvgIpc) is 3.04. The van der Waals surface area contributed by atoms with Crippen molar-refractivity contribution in [1.82, 2.24) is 5.32 Å². The van der Waals surface area contributed by atoms with Gasteiger partial charge in [-0.25, -0.2) is 0 Å². The van der Waals surface area contributed by atoms with Crippen LogP contribution in [0.1, 0.15) is 23.1 Å². The molecule has 0 aliphatic carbocycles. The first-order valence-electron chi connectivity index (χ1n) is 8.77. The Morgan fingerprint density at radius 3 is 2.62 bits per heavy atom. The van der Waals surface area contributed by atoms with Crippen LogP contribution in [0, 0.1) is 19.8 Å². The third-order valence-electron chi connectivity index (χ3n) is 4.99. The van der Waals surface area contributed by atoms with Gasteiger partial charge in [-0.1, -0.05) is 24.3 Å². The van der Waals surface area contributed by atoms with Gasteiger partial charge in [-0.2, -0.15) is 0 Å². The quantitative estimate of drug-likeness (QED) is 0.900. The topological polar surface area (TPSA) is 58.6 Å². The summed E-state index contributed by atoms with van der Waals surface area (Å²) >= 11 is 0. The first-order valence-corrected chi connectivity index (χ1v) is 8.77. The Labute approximate surface area is 154 Å². The van der Waals surface area contributed by atoms with E-state index in [0.717, 1.165) is 28.1 Å². The minimum Gasteiger partial charge on any atom is -0.497 e. The molecule has 2 amide bonds. The van der Waals surface area contributed by atoms with E-state index in [4.69, 9.17) is 4.74 Å². The van der Waals surface area contributed by atoms with Gasteiger partial charge in [0.1, 0.15) is 5.75 Å². The van der Waals surface area contributed by atoms with Gasteiger partial charge in [0, 0.05) is 25.2 Å². The summed E-state index contributed by atoms with van der Waals surface area (Å²) in [7, 11) is 1.62. The van der Waals surface area contributed by atoms with Crippen LogP contribution < -0.4 is 15.0 Å². The molecule has 136 valence electrons. The van der Waals surface area contributed by atoms with Crippen molar-refractivity contribution in [3.8, 4) is 5.75 Å². The van der Waals surface area contributed by atoms with Crippen LogP contribution >= 0.6 is 0 Å². The summed E-state index contributed by atoms with van der Waals surface area (Å²) in [6, 6.07) is 13.5. The maximum Gasteiger partial charge on any atom is 0.227 e. The van der Waals surface area contributed by atoms with E-state index in [2.05, 4.69) is 5.32 Å². The number of rotatable bonds is 5. The van der Waals surface area contributed by atoms with Gasteiger partial charge in [-0.05, 0) is 48.7 Å². The van der Waals surface area contributed by atoms with E-state index < -0.39 is 0 Å². The second kappa shape index (κ2) is 7.60. The second-order valence-corrected chi connectivity index (χ2v) is 6.69. The maximum absolute atomic E-state index is 12.5. The largest absolute Gasteiger partial charge is 0.497 e. The van der Waals surface area contributed by atoms with Gasteiger partial charge in [-0.15, -0.1) is 0 Å². The van der Waals surface area contributed by atoms with Crippen molar-refractivity contribution in [3.63, 3.8) is 0 Å². The lowest BCUT2D eigenvalue weighted by Crippen LogP contribution is -2.32. The predicted molar refractivity (Wildman–Crippen MR) is 101 cm³/mol. The molecule has 3 rings (SSSR count). The number of nitrogens with zero attached hydrogens (tertiary/aromatic N) is 1. The molecule has 0 aromatic heterocycles. The van der Waals surface area contributed by atoms with E-state index in [1.807, 2.05) is 56.3 Å². The van der Waals surface area contributed by atoms with Gasteiger partial charge in [0.2, 0.25) is 11.8 Å². The van der Waals surface area contributed by atoms with Gasteiger partial charge < -0.3 is 15.0 Å². The minimum absolute atomic E-state index is 0.00305. The van der Waals surface area contributed by atoms with Gasteiger partial charge in [0.05, 0.1) is 13.0 Å². The molecule has 1 aliphatic rings. The monoisotopic (exact) mass is 352 g/mol. The Kier molecular flexibility index (Phi) is 5.26. The lowest BCUT2D eigenvalue weighted by atomic mass is 10.1. The summed E-state index contributed by atoms with van der Waals surface area (Å²) in [4.78, 5) is 26.7. The summed E-state index contributed by atoms with van der Waals surface area (Å²) in [6.45, 7) is 4.90. The molecule has 1 N–H and O–H groups in total. The number of aryl methyl sites for hydroxylation is 1. The van der Waals surface area contributed by atoms with Crippen molar-refractivity contribution in [2.45, 2.75) is 26.8 Å². The predicted octanol–water partition coefficient (Wildman–Crippen LogP) is 2.98. The van der Waals surface area contributed by atoms with Crippen LogP contribution in [0.15, 0.2) is 42.5 Å². The van der Waals surface area contributed by atoms with Crippen LogP contribution in [0.2, 0.25) is 0 Å². The summed E-state index contributed by atoms with van der Waals surface area (Å²) in [5.74, 6) is 0.386. The molecule has 5 heteroatoms. The fourth-order valence-corrected chi connectivity index (χ4v) is 3.22. The standard InChI is InChI=1S/C21H24N2O3/c1-14-5-4-6-19(15(14)2)23-13-17(11-20(23)24)21(25)22-12-16-7-9-18(26-3)10-8-16/h4-10,17H,11-13H2,1-3H3,(H,22,25)/t17-/m1/s1. The van der Waals surface area contributed by atoms with Crippen molar-refractivity contribution < 1.29 is 14.3 Å². The number of carbonyl (C=O) groups excluding carboxylic acids is 2. The molecule has 26 heavy (non-hydrogen) atoms. The number of amides is 2. The molecule has 0 radical (unpaired) electrons. The smallest absolute Gasteiger partial charge is 0.227 e. The molecule has 0 bridgehead atoms. The number of ether oxygens (including phenoxy) is 1. The summed E-state index contributed by atoms with van der Waals surface area (Å²) < 4.78 is 5.13. The van der Waals surface area contributed by atoms with Crippen LogP contribution in [-0.4, -0.2) is 25.5 Å². The third kappa shape index (κ3) is 3.72. The number of hydrogen-bond acceptors (Lipinski definition) is 3. The highest BCUT2D eigenvalue weighted by molar-refractivity contribution is 6.00. The number of anilines is 1. The van der Waals surface area contributed by atoms with E-state index >= 15 is 0 Å². The van der Waals surface area contributed by atoms with E-state index in [-0.39, 0.29) is 24.2 Å². The molecule has 0 saturated carbocycles. The number of hydrogen-bond donors (Lipinski definition) is 1. The molecule has 0 unspecified atom stereocenters. The number of carbonyl (C=O) groups is 2. The molecule has 1 saturated heterocycles. The molecule has 5 nitrogen and oxygen atoms in total. The fourth-order valence-electron chi connectivity index (χ4n) is 3.22. The fraction of sp³-hybridized carbons (Fsp3) is 0.333. The first kappa shape index (κ1) is 18.0. The molecule has 1 aliphatic heterocycles. The van der Waals surface area contributed by atoms with Crippen LogP contribution in [-0.2, 0) is 16.1 Å². The molecule has 2 aromatic rings. The van der Waals surface area contributed by atoms with Crippen LogP contribution in [0.25, 0.3) is 0 Å². The lowest BCUT2D eigenvalue weighted by molar-refractivity contribution is -0.126. The number of nitrogens with one attached hydrogen (secondary N) is 1. The highest BCUT2D eigenvalue weighted by atomic mass is 16.5. The molecular formula is C21H24N2O3. The van der Waals surface area contributed by atoms with Gasteiger partial charge in [-0.3, -0.25) is 9.59 Å². The Balaban J connectivity index is 1.62. The van der Waals surface area contributed by atoms with Crippen molar-refractivity contribution in [2.75, 3.05) is 18.6 Å². The zero-order chi connectivity index (χ0) is 18.7. The van der Waals surface area contributed by atoms with Crippen molar-refractivity contribution >= 4 is 17.5 Å². The number of benzene rings is 2. The van der Waals surface area contributed by atoms with Gasteiger partial charge >= 0.3 is 0 Å². The van der Waals surface area contributed by atoms with Crippen molar-refractivity contribution in [3.05, 3.63) is 59.2 Å². The molecule has 2 aromatic carbocycles. The van der Waals surface area contributed by atoms with Crippen LogP contribution in [0.4, 0.5) is 5.69 Å². The summed E-state index contributed by atoms with van der Waals surface area (Å²) in [6.07, 6.45) is 0.252. The zero-order valence-corrected chi connectivity index (χ0v) is 15.4. The van der Waals surface area contributed by atoms with Crippen molar-refractivity contribution in [1.29, 1.82) is 0 Å². The maximum atomic E-state index is 12.5. The Morgan fingerprint density at radius 1 is 1.19 bits per heavy atom. The lowest BCUT2D eigenvalue weighted by Gasteiger charge is -2.20.